The largest absolute Gasteiger partial charge is 0.393 e. The zero-order valence-electron chi connectivity index (χ0n) is 14.2. The number of hydrogen-bond acceptors (Lipinski definition) is 3. The van der Waals surface area contributed by atoms with E-state index in [4.69, 9.17) is 4.74 Å². The summed E-state index contributed by atoms with van der Waals surface area (Å²) in [6.07, 6.45) is 3.73. The van der Waals surface area contributed by atoms with Gasteiger partial charge in [-0.15, -0.1) is 0 Å². The maximum absolute atomic E-state index is 13.4. The van der Waals surface area contributed by atoms with E-state index in [0.717, 1.165) is 31.2 Å². The third-order valence-electron chi connectivity index (χ3n) is 5.28. The fourth-order valence-corrected chi connectivity index (χ4v) is 3.73. The maximum Gasteiger partial charge on any atom is 0.223 e. The molecule has 0 aromatic heterocycles. The molecule has 1 unspecified atom stereocenters. The third-order valence-corrected chi connectivity index (χ3v) is 5.28. The minimum Gasteiger partial charge on any atom is -0.393 e. The van der Waals surface area contributed by atoms with Crippen LogP contribution in [0.5, 0.6) is 0 Å². The average molecular weight is 335 g/mol. The molecule has 1 saturated carbocycles. The fourth-order valence-electron chi connectivity index (χ4n) is 3.73. The number of rotatable bonds is 3. The molecule has 0 radical (unpaired) electrons. The molecule has 2 aliphatic rings. The Morgan fingerprint density at radius 1 is 1.38 bits per heavy atom. The first-order valence-electron chi connectivity index (χ1n) is 8.88. The zero-order chi connectivity index (χ0) is 17.1. The van der Waals surface area contributed by atoms with E-state index < -0.39 is 0 Å². The summed E-state index contributed by atoms with van der Waals surface area (Å²) in [7, 11) is 0. The lowest BCUT2D eigenvalue weighted by atomic mass is 9.84. The molecule has 3 atom stereocenters. The Morgan fingerprint density at radius 3 is 2.92 bits per heavy atom. The lowest BCUT2D eigenvalue weighted by Gasteiger charge is -2.35. The topological polar surface area (TPSA) is 49.8 Å². The average Bonchev–Trinajstić information content (AvgIpc) is 2.59. The molecule has 1 aliphatic carbocycles. The summed E-state index contributed by atoms with van der Waals surface area (Å²) in [5.41, 5.74) is 1.49. The van der Waals surface area contributed by atoms with Gasteiger partial charge in [-0.1, -0.05) is 25.0 Å². The molecular formula is C19H26FNO3. The van der Waals surface area contributed by atoms with Crippen molar-refractivity contribution in [1.82, 2.24) is 4.90 Å². The van der Waals surface area contributed by atoms with Crippen molar-refractivity contribution >= 4 is 5.91 Å². The minimum absolute atomic E-state index is 0.0839. The number of ether oxygens (including phenoxy) is 1. The SMILES string of the molecule is Cc1cc(C2CN(C(=O)C[C@H]3CCCC[C@@H]3O)CCO2)ccc1F. The number of aryl methyl sites for hydroxylation is 1. The monoisotopic (exact) mass is 335 g/mol. The predicted molar refractivity (Wildman–Crippen MR) is 89.0 cm³/mol. The lowest BCUT2D eigenvalue weighted by molar-refractivity contribution is -0.141. The Balaban J connectivity index is 1.62. The van der Waals surface area contributed by atoms with E-state index >= 15 is 0 Å². The van der Waals surface area contributed by atoms with Crippen molar-refractivity contribution in [3.8, 4) is 0 Å². The molecule has 1 saturated heterocycles. The lowest BCUT2D eigenvalue weighted by Crippen LogP contribution is -2.43. The van der Waals surface area contributed by atoms with Gasteiger partial charge in [0, 0.05) is 13.0 Å². The number of morpholine rings is 1. The molecule has 1 heterocycles. The summed E-state index contributed by atoms with van der Waals surface area (Å²) >= 11 is 0. The highest BCUT2D eigenvalue weighted by molar-refractivity contribution is 5.76. The van der Waals surface area contributed by atoms with Crippen LogP contribution in [0.3, 0.4) is 0 Å². The highest BCUT2D eigenvalue weighted by Crippen LogP contribution is 2.29. The number of benzene rings is 1. The number of carbonyl (C=O) groups is 1. The Kier molecular flexibility index (Phi) is 5.51. The van der Waals surface area contributed by atoms with Crippen molar-refractivity contribution in [3.05, 3.63) is 35.1 Å². The first-order chi connectivity index (χ1) is 11.5. The van der Waals surface area contributed by atoms with Crippen LogP contribution in [-0.4, -0.2) is 41.7 Å². The van der Waals surface area contributed by atoms with Gasteiger partial charge in [-0.2, -0.15) is 0 Å². The fraction of sp³-hybridized carbons (Fsp3) is 0.632. The number of carbonyl (C=O) groups excluding carboxylic acids is 1. The van der Waals surface area contributed by atoms with Gasteiger partial charge < -0.3 is 14.7 Å². The van der Waals surface area contributed by atoms with E-state index in [1.165, 1.54) is 6.07 Å². The maximum atomic E-state index is 13.4. The number of hydrogen-bond donors (Lipinski definition) is 1. The van der Waals surface area contributed by atoms with E-state index in [1.54, 1.807) is 19.1 Å². The van der Waals surface area contributed by atoms with Crippen LogP contribution in [0.15, 0.2) is 18.2 Å². The van der Waals surface area contributed by atoms with E-state index in [2.05, 4.69) is 0 Å². The second kappa shape index (κ2) is 7.62. The summed E-state index contributed by atoms with van der Waals surface area (Å²) in [4.78, 5) is 14.4. The predicted octanol–water partition coefficient (Wildman–Crippen LogP) is 2.98. The molecule has 0 spiro atoms. The molecular weight excluding hydrogens is 309 g/mol. The van der Waals surface area contributed by atoms with Crippen LogP contribution in [-0.2, 0) is 9.53 Å². The molecule has 0 bridgehead atoms. The van der Waals surface area contributed by atoms with Crippen molar-refractivity contribution in [2.24, 2.45) is 5.92 Å². The van der Waals surface area contributed by atoms with Crippen LogP contribution in [0.25, 0.3) is 0 Å². The second-order valence-electron chi connectivity index (χ2n) is 7.02. The van der Waals surface area contributed by atoms with Crippen LogP contribution >= 0.6 is 0 Å². The van der Waals surface area contributed by atoms with Crippen LogP contribution in [0.2, 0.25) is 0 Å². The van der Waals surface area contributed by atoms with Crippen molar-refractivity contribution < 1.29 is 19.0 Å². The molecule has 1 aromatic carbocycles. The third kappa shape index (κ3) is 3.95. The molecule has 1 N–H and O–H groups in total. The Hall–Kier alpha value is -1.46. The zero-order valence-corrected chi connectivity index (χ0v) is 14.2. The van der Waals surface area contributed by atoms with E-state index in [1.807, 2.05) is 4.90 Å². The smallest absolute Gasteiger partial charge is 0.223 e. The molecule has 5 heteroatoms. The van der Waals surface area contributed by atoms with E-state index in [9.17, 15) is 14.3 Å². The highest BCUT2D eigenvalue weighted by atomic mass is 19.1. The van der Waals surface area contributed by atoms with E-state index in [0.29, 0.717) is 31.7 Å². The molecule has 132 valence electrons. The minimum atomic E-state index is -0.348. The Bertz CT molecular complexity index is 592. The van der Waals surface area contributed by atoms with Gasteiger partial charge in [-0.3, -0.25) is 4.79 Å². The molecule has 1 aliphatic heterocycles. The van der Waals surface area contributed by atoms with Crippen LogP contribution < -0.4 is 0 Å². The van der Waals surface area contributed by atoms with Crippen LogP contribution in [0.1, 0.15) is 49.3 Å². The number of nitrogens with zero attached hydrogens (tertiary/aromatic N) is 1. The summed E-state index contributed by atoms with van der Waals surface area (Å²) in [5, 5.41) is 10.1. The summed E-state index contributed by atoms with van der Waals surface area (Å²) in [5.74, 6) is -0.0533. The van der Waals surface area contributed by atoms with Gasteiger partial charge in [-0.25, -0.2) is 4.39 Å². The van der Waals surface area contributed by atoms with Crippen molar-refractivity contribution in [2.75, 3.05) is 19.7 Å². The van der Waals surface area contributed by atoms with Gasteiger partial charge in [0.1, 0.15) is 11.9 Å². The highest BCUT2D eigenvalue weighted by Gasteiger charge is 2.30. The van der Waals surface area contributed by atoms with Crippen LogP contribution in [0, 0.1) is 18.7 Å². The molecule has 2 fully saturated rings. The Morgan fingerprint density at radius 2 is 2.17 bits per heavy atom. The summed E-state index contributed by atoms with van der Waals surface area (Å²) in [6.45, 7) is 3.29. The van der Waals surface area contributed by atoms with Gasteiger partial charge in [0.05, 0.1) is 19.3 Å². The van der Waals surface area contributed by atoms with E-state index in [-0.39, 0.29) is 29.9 Å². The van der Waals surface area contributed by atoms with Gasteiger partial charge in [0.15, 0.2) is 0 Å². The van der Waals surface area contributed by atoms with Gasteiger partial charge >= 0.3 is 0 Å². The molecule has 1 aromatic rings. The standard InChI is InChI=1S/C19H26FNO3/c1-13-10-15(6-7-16(13)20)18-12-21(8-9-24-18)19(23)11-14-4-2-3-5-17(14)22/h6-7,10,14,17-18,22H,2-5,8-9,11-12H2,1H3/t14-,17+,18?/m1/s1. The number of aliphatic hydroxyl groups is 1. The van der Waals surface area contributed by atoms with Crippen LogP contribution in [0.4, 0.5) is 4.39 Å². The number of halogens is 1. The number of aliphatic hydroxyl groups excluding tert-OH is 1. The summed E-state index contributed by atoms with van der Waals surface area (Å²) in [6, 6.07) is 4.97. The Labute approximate surface area is 142 Å². The first-order valence-corrected chi connectivity index (χ1v) is 8.88. The van der Waals surface area contributed by atoms with Gasteiger partial charge in [-0.05, 0) is 42.9 Å². The molecule has 1 amide bonds. The summed E-state index contributed by atoms with van der Waals surface area (Å²) < 4.78 is 19.2. The molecule has 24 heavy (non-hydrogen) atoms. The van der Waals surface area contributed by atoms with Gasteiger partial charge in [0.2, 0.25) is 5.91 Å². The normalized spacial score (nSPS) is 28.0. The van der Waals surface area contributed by atoms with Crippen molar-refractivity contribution in [2.45, 2.75) is 51.2 Å². The van der Waals surface area contributed by atoms with Gasteiger partial charge in [0.25, 0.3) is 0 Å². The molecule has 4 nitrogen and oxygen atoms in total. The second-order valence-corrected chi connectivity index (χ2v) is 7.02. The quantitative estimate of drug-likeness (QED) is 0.924. The first kappa shape index (κ1) is 17.4. The van der Waals surface area contributed by atoms with Crippen molar-refractivity contribution in [3.63, 3.8) is 0 Å². The number of amides is 1. The molecule has 3 rings (SSSR count). The van der Waals surface area contributed by atoms with Crippen molar-refractivity contribution in [1.29, 1.82) is 0 Å².